The highest BCUT2D eigenvalue weighted by Gasteiger charge is 2.26. The maximum Gasteiger partial charge on any atom is 0.326 e. The van der Waals surface area contributed by atoms with Crippen LogP contribution in [-0.2, 0) is 9.59 Å². The van der Waals surface area contributed by atoms with Crippen LogP contribution in [0, 0.1) is 11.8 Å². The average Bonchev–Trinajstić information content (AvgIpc) is 2.50. The lowest BCUT2D eigenvalue weighted by Gasteiger charge is -2.22. The molecule has 124 valence electrons. The van der Waals surface area contributed by atoms with E-state index in [0.29, 0.717) is 12.8 Å². The van der Waals surface area contributed by atoms with Crippen molar-refractivity contribution in [1.82, 2.24) is 5.32 Å². The normalized spacial score (nSPS) is 24.5. The first kappa shape index (κ1) is 18.4. The van der Waals surface area contributed by atoms with Gasteiger partial charge in [0.2, 0.25) is 5.91 Å². The smallest absolute Gasteiger partial charge is 0.326 e. The fourth-order valence-corrected chi connectivity index (χ4v) is 2.26. The van der Waals surface area contributed by atoms with Crippen LogP contribution in [0.1, 0.15) is 33.1 Å². The summed E-state index contributed by atoms with van der Waals surface area (Å²) in [5, 5.41) is 11.8. The van der Waals surface area contributed by atoms with Gasteiger partial charge in [-0.3, -0.25) is 4.79 Å². The van der Waals surface area contributed by atoms with E-state index in [9.17, 15) is 14.7 Å². The van der Waals surface area contributed by atoms with Gasteiger partial charge in [-0.1, -0.05) is 44.6 Å². The molecule has 0 aromatic heterocycles. The minimum absolute atomic E-state index is 0.0140. The molecule has 6 N–H and O–H groups in total. The molecule has 0 heterocycles. The van der Waals surface area contributed by atoms with Crippen molar-refractivity contribution in [3.63, 3.8) is 0 Å². The number of aliphatic carboxylic acids is 1. The van der Waals surface area contributed by atoms with Crippen molar-refractivity contribution in [2.75, 3.05) is 0 Å². The Morgan fingerprint density at radius 1 is 1.27 bits per heavy atom. The van der Waals surface area contributed by atoms with Gasteiger partial charge in [0.1, 0.15) is 6.04 Å². The van der Waals surface area contributed by atoms with Gasteiger partial charge < -0.3 is 21.9 Å². The van der Waals surface area contributed by atoms with Crippen molar-refractivity contribution in [2.24, 2.45) is 23.3 Å². The summed E-state index contributed by atoms with van der Waals surface area (Å²) >= 11 is 0. The fraction of sp³-hybridized carbons (Fsp3) is 0.625. The van der Waals surface area contributed by atoms with E-state index >= 15 is 0 Å². The Labute approximate surface area is 131 Å². The lowest BCUT2D eigenvalue weighted by atomic mass is 9.94. The maximum atomic E-state index is 12.0. The van der Waals surface area contributed by atoms with E-state index in [-0.39, 0.29) is 17.9 Å². The molecule has 3 atom stereocenters. The first-order chi connectivity index (χ1) is 10.3. The predicted octanol–water partition coefficient (Wildman–Crippen LogP) is 0.779. The zero-order valence-corrected chi connectivity index (χ0v) is 13.2. The monoisotopic (exact) mass is 309 g/mol. The molecule has 0 saturated carbocycles. The number of nitrogens with two attached hydrogens (primary N) is 2. The largest absolute Gasteiger partial charge is 0.480 e. The van der Waals surface area contributed by atoms with Gasteiger partial charge in [-0.05, 0) is 24.7 Å². The van der Waals surface area contributed by atoms with Crippen LogP contribution in [0.5, 0.6) is 0 Å². The number of carbonyl (C=O) groups excluding carboxylic acids is 1. The average molecular weight is 309 g/mol. The topological polar surface area (TPSA) is 118 Å². The molecule has 0 bridgehead atoms. The molecule has 0 saturated heterocycles. The van der Waals surface area contributed by atoms with Crippen LogP contribution in [0.2, 0.25) is 0 Å². The summed E-state index contributed by atoms with van der Waals surface area (Å²) in [6.45, 7) is 3.82. The van der Waals surface area contributed by atoms with E-state index in [1.807, 2.05) is 38.2 Å². The Morgan fingerprint density at radius 2 is 1.86 bits per heavy atom. The van der Waals surface area contributed by atoms with Gasteiger partial charge >= 0.3 is 5.97 Å². The zero-order chi connectivity index (χ0) is 16.7. The third-order valence-electron chi connectivity index (χ3n) is 4.12. The molecule has 0 fully saturated rings. The van der Waals surface area contributed by atoms with Gasteiger partial charge in [0, 0.05) is 6.04 Å². The number of carboxylic acid groups (broad SMARTS) is 1. The van der Waals surface area contributed by atoms with Crippen LogP contribution < -0.4 is 16.8 Å². The highest BCUT2D eigenvalue weighted by molar-refractivity contribution is 5.86. The molecule has 0 unspecified atom stereocenters. The molecule has 0 radical (unpaired) electrons. The predicted molar refractivity (Wildman–Crippen MR) is 86.0 cm³/mol. The van der Waals surface area contributed by atoms with Crippen molar-refractivity contribution in [2.45, 2.75) is 51.2 Å². The number of nitrogens with one attached hydrogen (secondary N) is 1. The van der Waals surface area contributed by atoms with Crippen LogP contribution in [0.25, 0.3) is 0 Å². The van der Waals surface area contributed by atoms with Gasteiger partial charge in [-0.2, -0.15) is 0 Å². The molecule has 1 aliphatic carbocycles. The van der Waals surface area contributed by atoms with E-state index in [4.69, 9.17) is 11.5 Å². The Bertz CT molecular complexity index is 434. The Hall–Kier alpha value is -1.66. The molecule has 0 aromatic carbocycles. The molecule has 1 aliphatic rings. The Morgan fingerprint density at radius 3 is 2.36 bits per heavy atom. The second kappa shape index (κ2) is 8.70. The number of carboxylic acids is 1. The summed E-state index contributed by atoms with van der Waals surface area (Å²) in [6, 6.07) is -1.67. The zero-order valence-electron chi connectivity index (χ0n) is 13.2. The molecule has 6 nitrogen and oxygen atoms in total. The van der Waals surface area contributed by atoms with E-state index in [1.165, 1.54) is 0 Å². The van der Waals surface area contributed by atoms with Crippen molar-refractivity contribution in [1.29, 1.82) is 0 Å². The van der Waals surface area contributed by atoms with Crippen molar-refractivity contribution >= 4 is 11.9 Å². The van der Waals surface area contributed by atoms with Crippen LogP contribution in [-0.4, -0.2) is 35.1 Å². The first-order valence-corrected chi connectivity index (χ1v) is 7.76. The fourth-order valence-electron chi connectivity index (χ4n) is 2.26. The SMILES string of the molecule is CC[C@H](C)[C@H](N)C(=O)N[C@@H](CCC1C=CC(N)C=C1)C(=O)O. The van der Waals surface area contributed by atoms with Gasteiger partial charge in [0.15, 0.2) is 0 Å². The molecule has 0 aromatic rings. The summed E-state index contributed by atoms with van der Waals surface area (Å²) in [4.78, 5) is 23.3. The number of amides is 1. The summed E-state index contributed by atoms with van der Waals surface area (Å²) in [7, 11) is 0. The van der Waals surface area contributed by atoms with E-state index in [1.54, 1.807) is 0 Å². The second-order valence-corrected chi connectivity index (χ2v) is 5.90. The summed E-state index contributed by atoms with van der Waals surface area (Å²) in [6.07, 6.45) is 9.46. The summed E-state index contributed by atoms with van der Waals surface area (Å²) < 4.78 is 0. The third kappa shape index (κ3) is 5.61. The highest BCUT2D eigenvalue weighted by atomic mass is 16.4. The van der Waals surface area contributed by atoms with Gasteiger partial charge in [0.25, 0.3) is 0 Å². The molecule has 0 aliphatic heterocycles. The third-order valence-corrected chi connectivity index (χ3v) is 4.12. The van der Waals surface area contributed by atoms with Gasteiger partial charge in [0.05, 0.1) is 6.04 Å². The van der Waals surface area contributed by atoms with Crippen LogP contribution >= 0.6 is 0 Å². The first-order valence-electron chi connectivity index (χ1n) is 7.76. The van der Waals surface area contributed by atoms with Crippen molar-refractivity contribution in [3.05, 3.63) is 24.3 Å². The molecular formula is C16H27N3O3. The maximum absolute atomic E-state index is 12.0. The second-order valence-electron chi connectivity index (χ2n) is 5.90. The minimum Gasteiger partial charge on any atom is -0.480 e. The molecule has 6 heteroatoms. The highest BCUT2D eigenvalue weighted by Crippen LogP contribution is 2.16. The van der Waals surface area contributed by atoms with E-state index in [2.05, 4.69) is 5.32 Å². The van der Waals surface area contributed by atoms with Crippen molar-refractivity contribution in [3.8, 4) is 0 Å². The number of hydrogen-bond acceptors (Lipinski definition) is 4. The summed E-state index contributed by atoms with van der Waals surface area (Å²) in [5.74, 6) is -1.27. The minimum atomic E-state index is -1.04. The van der Waals surface area contributed by atoms with Crippen LogP contribution in [0.3, 0.4) is 0 Å². The van der Waals surface area contributed by atoms with Gasteiger partial charge in [-0.15, -0.1) is 0 Å². The number of carbonyl (C=O) groups is 2. The van der Waals surface area contributed by atoms with E-state index in [0.717, 1.165) is 6.42 Å². The molecular weight excluding hydrogens is 282 g/mol. The Kier molecular flexibility index (Phi) is 7.27. The van der Waals surface area contributed by atoms with Gasteiger partial charge in [-0.25, -0.2) is 4.79 Å². The standard InChI is InChI=1S/C16H27N3O3/c1-3-10(2)14(18)15(20)19-13(16(21)22)9-6-11-4-7-12(17)8-5-11/h4-5,7-8,10-14H,3,6,9,17-18H2,1-2H3,(H,19,20)(H,21,22)/t10-,11?,12?,13-,14-/m0/s1. The van der Waals surface area contributed by atoms with Crippen LogP contribution in [0.4, 0.5) is 0 Å². The summed E-state index contributed by atoms with van der Waals surface area (Å²) in [5.41, 5.74) is 11.5. The Balaban J connectivity index is 2.52. The molecule has 22 heavy (non-hydrogen) atoms. The van der Waals surface area contributed by atoms with E-state index < -0.39 is 24.0 Å². The molecule has 0 spiro atoms. The molecule has 1 amide bonds. The number of rotatable bonds is 8. The number of allylic oxidation sites excluding steroid dienone is 2. The van der Waals surface area contributed by atoms with Crippen molar-refractivity contribution < 1.29 is 14.7 Å². The van der Waals surface area contributed by atoms with Crippen LogP contribution in [0.15, 0.2) is 24.3 Å². The quantitative estimate of drug-likeness (QED) is 0.494. The lowest BCUT2D eigenvalue weighted by molar-refractivity contribution is -0.142. The lowest BCUT2D eigenvalue weighted by Crippen LogP contribution is -2.50. The number of hydrogen-bond donors (Lipinski definition) is 4. The molecule has 1 rings (SSSR count).